The number of pyridine rings is 2. The molecule has 7 nitrogen and oxygen atoms in total. The number of likely N-dealkylation sites (tertiary alicyclic amines) is 1. The van der Waals surface area contributed by atoms with Gasteiger partial charge in [0.25, 0.3) is 0 Å². The fourth-order valence-corrected chi connectivity index (χ4v) is 5.22. The van der Waals surface area contributed by atoms with E-state index in [1.165, 1.54) is 17.2 Å². The summed E-state index contributed by atoms with van der Waals surface area (Å²) in [6.45, 7) is 6.19. The summed E-state index contributed by atoms with van der Waals surface area (Å²) in [5.74, 6) is -1.94. The van der Waals surface area contributed by atoms with Gasteiger partial charge in [0.05, 0.1) is 23.5 Å². The van der Waals surface area contributed by atoms with Crippen molar-refractivity contribution in [3.63, 3.8) is 0 Å². The highest BCUT2D eigenvalue weighted by Gasteiger charge is 2.42. The third kappa shape index (κ3) is 5.93. The van der Waals surface area contributed by atoms with Crippen molar-refractivity contribution in [3.05, 3.63) is 93.0 Å². The molecule has 1 saturated heterocycles. The second-order valence-electron chi connectivity index (χ2n) is 10.4. The third-order valence-corrected chi connectivity index (χ3v) is 7.29. The topological polar surface area (TPSA) is 80.1 Å². The van der Waals surface area contributed by atoms with Crippen LogP contribution in [0.1, 0.15) is 54.6 Å². The van der Waals surface area contributed by atoms with E-state index in [0.717, 1.165) is 54.8 Å². The Hall–Kier alpha value is -2.79. The van der Waals surface area contributed by atoms with Crippen LogP contribution in [0.3, 0.4) is 0 Å². The molecule has 200 valence electrons. The maximum absolute atomic E-state index is 13.9. The van der Waals surface area contributed by atoms with Crippen LogP contribution in [0.2, 0.25) is 0 Å². The van der Waals surface area contributed by atoms with Crippen LogP contribution in [0.4, 0.5) is 8.78 Å². The molecule has 0 radical (unpaired) electrons. The average molecular weight is 587 g/mol. The zero-order chi connectivity index (χ0) is 26.9. The molecule has 10 heteroatoms. The zero-order valence-corrected chi connectivity index (χ0v) is 22.8. The number of hydrogen-bond donors (Lipinski definition) is 1. The van der Waals surface area contributed by atoms with E-state index in [1.807, 2.05) is 18.3 Å². The predicted octanol–water partition coefficient (Wildman–Crippen LogP) is 5.08. The highest BCUT2D eigenvalue weighted by Crippen LogP contribution is 2.44. The molecule has 2 aliphatic heterocycles. The normalized spacial score (nSPS) is 17.6. The fourth-order valence-electron chi connectivity index (χ4n) is 4.84. The average Bonchev–Trinajstić information content (AvgIpc) is 3.22. The molecule has 2 aromatic heterocycles. The van der Waals surface area contributed by atoms with Gasteiger partial charge in [0, 0.05) is 43.2 Å². The van der Waals surface area contributed by atoms with Crippen molar-refractivity contribution in [2.45, 2.75) is 51.0 Å². The Labute approximate surface area is 228 Å². The molecule has 0 aliphatic carbocycles. The standard InChI is InChI=1S/C28H29BrF2N4O3/c1-27(2,36)17-38-34-26(19-4-5-22(30)23(31)11-19)24-6-3-18(13-32-24)15-35-9-7-28(8-10-35)21-14-33-25(29)12-20(21)16-37-28/h3-6,11-14,36H,7-10,15-17H2,1-2H3. The van der Waals surface area contributed by atoms with E-state index in [4.69, 9.17) is 9.57 Å². The maximum Gasteiger partial charge on any atom is 0.159 e. The fraction of sp³-hybridized carbons (Fsp3) is 0.393. The van der Waals surface area contributed by atoms with Crippen molar-refractivity contribution >= 4 is 21.6 Å². The monoisotopic (exact) mass is 586 g/mol. The molecule has 38 heavy (non-hydrogen) atoms. The molecule has 1 aromatic carbocycles. The summed E-state index contributed by atoms with van der Waals surface area (Å²) < 4.78 is 34.6. The Bertz CT molecular complexity index is 1340. The lowest BCUT2D eigenvalue weighted by Gasteiger charge is -2.39. The van der Waals surface area contributed by atoms with Gasteiger partial charge in [-0.3, -0.25) is 9.88 Å². The van der Waals surface area contributed by atoms with Crippen molar-refractivity contribution in [1.29, 1.82) is 0 Å². The first-order valence-electron chi connectivity index (χ1n) is 12.5. The molecule has 4 heterocycles. The van der Waals surface area contributed by atoms with Gasteiger partial charge in [-0.15, -0.1) is 0 Å². The first-order valence-corrected chi connectivity index (χ1v) is 13.3. The van der Waals surface area contributed by atoms with E-state index in [9.17, 15) is 13.9 Å². The zero-order valence-electron chi connectivity index (χ0n) is 21.3. The van der Waals surface area contributed by atoms with Crippen LogP contribution >= 0.6 is 15.9 Å². The van der Waals surface area contributed by atoms with Gasteiger partial charge in [-0.05, 0) is 84.1 Å². The Morgan fingerprint density at radius 3 is 2.61 bits per heavy atom. The lowest BCUT2D eigenvalue weighted by molar-refractivity contribution is -0.0800. The van der Waals surface area contributed by atoms with Gasteiger partial charge in [0.1, 0.15) is 16.9 Å². The van der Waals surface area contributed by atoms with Crippen molar-refractivity contribution in [2.24, 2.45) is 5.16 Å². The predicted molar refractivity (Wildman–Crippen MR) is 141 cm³/mol. The van der Waals surface area contributed by atoms with Gasteiger partial charge in [0.2, 0.25) is 0 Å². The molecular weight excluding hydrogens is 558 g/mol. The molecule has 1 N–H and O–H groups in total. The number of aliphatic hydroxyl groups is 1. The quantitative estimate of drug-likeness (QED) is 0.236. The number of ether oxygens (including phenoxy) is 1. The maximum atomic E-state index is 13.9. The van der Waals surface area contributed by atoms with Crippen LogP contribution in [0, 0.1) is 11.6 Å². The second-order valence-corrected chi connectivity index (χ2v) is 11.2. The molecule has 5 rings (SSSR count). The highest BCUT2D eigenvalue weighted by molar-refractivity contribution is 9.10. The largest absolute Gasteiger partial charge is 0.392 e. The molecule has 1 spiro atoms. The van der Waals surface area contributed by atoms with Crippen molar-refractivity contribution in [3.8, 4) is 0 Å². The Kier molecular flexibility index (Phi) is 7.59. The van der Waals surface area contributed by atoms with E-state index >= 15 is 0 Å². The number of rotatable bonds is 7. The summed E-state index contributed by atoms with van der Waals surface area (Å²) >= 11 is 3.44. The Morgan fingerprint density at radius 1 is 1.13 bits per heavy atom. The van der Waals surface area contributed by atoms with Crippen molar-refractivity contribution in [1.82, 2.24) is 14.9 Å². The van der Waals surface area contributed by atoms with Gasteiger partial charge in [-0.1, -0.05) is 11.2 Å². The van der Waals surface area contributed by atoms with Gasteiger partial charge < -0.3 is 14.7 Å². The molecule has 0 saturated carbocycles. The molecule has 1 fully saturated rings. The van der Waals surface area contributed by atoms with Gasteiger partial charge in [-0.25, -0.2) is 13.8 Å². The number of halogens is 3. The smallest absolute Gasteiger partial charge is 0.159 e. The first kappa shape index (κ1) is 26.8. The van der Waals surface area contributed by atoms with E-state index in [1.54, 1.807) is 26.1 Å². The van der Waals surface area contributed by atoms with Crippen LogP contribution in [-0.4, -0.2) is 51.0 Å². The van der Waals surface area contributed by atoms with Gasteiger partial charge >= 0.3 is 0 Å². The van der Waals surface area contributed by atoms with Crippen LogP contribution in [0.15, 0.2) is 58.6 Å². The lowest BCUT2D eigenvalue weighted by atomic mass is 9.84. The number of piperidine rings is 1. The molecule has 2 aliphatic rings. The Morgan fingerprint density at radius 2 is 1.92 bits per heavy atom. The van der Waals surface area contributed by atoms with Gasteiger partial charge in [0.15, 0.2) is 11.6 Å². The summed E-state index contributed by atoms with van der Waals surface area (Å²) in [7, 11) is 0. The Balaban J connectivity index is 1.27. The van der Waals surface area contributed by atoms with Crippen LogP contribution in [-0.2, 0) is 28.3 Å². The lowest BCUT2D eigenvalue weighted by Crippen LogP contribution is -2.42. The molecule has 0 bridgehead atoms. The van der Waals surface area contributed by atoms with E-state index in [-0.39, 0.29) is 17.9 Å². The second kappa shape index (κ2) is 10.8. The van der Waals surface area contributed by atoms with E-state index < -0.39 is 17.2 Å². The number of nitrogens with zero attached hydrogens (tertiary/aromatic N) is 4. The number of benzene rings is 1. The number of fused-ring (bicyclic) bond motifs is 2. The first-order chi connectivity index (χ1) is 18.1. The summed E-state index contributed by atoms with van der Waals surface area (Å²) in [4.78, 5) is 16.6. The molecule has 0 atom stereocenters. The molecule has 3 aromatic rings. The SMILES string of the molecule is CC(C)(O)CON=C(c1ccc(F)c(F)c1)c1ccc(CN2CCC3(CC2)OCc2cc(Br)ncc23)cn1. The third-order valence-electron chi connectivity index (χ3n) is 6.86. The summed E-state index contributed by atoms with van der Waals surface area (Å²) in [6, 6.07) is 9.28. The summed E-state index contributed by atoms with van der Waals surface area (Å²) in [5, 5.41) is 14.0. The van der Waals surface area contributed by atoms with Crippen LogP contribution in [0.25, 0.3) is 0 Å². The molecule has 0 unspecified atom stereocenters. The minimum Gasteiger partial charge on any atom is -0.392 e. The van der Waals surface area contributed by atoms with Gasteiger partial charge in [-0.2, -0.15) is 0 Å². The summed E-state index contributed by atoms with van der Waals surface area (Å²) in [6.07, 6.45) is 5.47. The van der Waals surface area contributed by atoms with E-state index in [2.05, 4.69) is 36.0 Å². The summed E-state index contributed by atoms with van der Waals surface area (Å²) in [5.41, 5.74) is 3.06. The highest BCUT2D eigenvalue weighted by atomic mass is 79.9. The number of oxime groups is 1. The molecule has 0 amide bonds. The molecular formula is C28H29BrF2N4O3. The van der Waals surface area contributed by atoms with Crippen molar-refractivity contribution < 1.29 is 23.5 Å². The minimum atomic E-state index is -1.11. The number of aromatic nitrogens is 2. The van der Waals surface area contributed by atoms with Crippen LogP contribution < -0.4 is 0 Å². The minimum absolute atomic E-state index is 0.0732. The van der Waals surface area contributed by atoms with Crippen LogP contribution in [0.5, 0.6) is 0 Å². The van der Waals surface area contributed by atoms with E-state index in [0.29, 0.717) is 17.9 Å². The van der Waals surface area contributed by atoms with Crippen molar-refractivity contribution in [2.75, 3.05) is 19.7 Å². The number of hydrogen-bond acceptors (Lipinski definition) is 7.